The monoisotopic (exact) mass is 408 g/mol. The van der Waals surface area contributed by atoms with Crippen molar-refractivity contribution in [3.8, 4) is 10.6 Å². The minimum Gasteiger partial charge on any atom is -0.332 e. The molecular weight excluding hydrogens is 388 g/mol. The number of thiazole rings is 1. The molecule has 2 aliphatic rings. The molecule has 3 aromatic rings. The van der Waals surface area contributed by atoms with Crippen molar-refractivity contribution in [2.75, 3.05) is 0 Å². The summed E-state index contributed by atoms with van der Waals surface area (Å²) in [6, 6.07) is 16.9. The van der Waals surface area contributed by atoms with E-state index in [1.54, 1.807) is 11.3 Å². The molecule has 0 aliphatic heterocycles. The molecule has 0 bridgehead atoms. The third-order valence-electron chi connectivity index (χ3n) is 5.65. The fraction of sp³-hybridized carbons (Fsp3) is 0.304. The average molecular weight is 409 g/mol. The van der Waals surface area contributed by atoms with E-state index in [9.17, 15) is 4.79 Å². The van der Waals surface area contributed by atoms with Gasteiger partial charge in [-0.15, -0.1) is 11.3 Å². The summed E-state index contributed by atoms with van der Waals surface area (Å²) in [5.41, 5.74) is 4.48. The molecule has 28 heavy (non-hydrogen) atoms. The van der Waals surface area contributed by atoms with Gasteiger partial charge in [0.05, 0.1) is 23.2 Å². The third kappa shape index (κ3) is 3.36. The van der Waals surface area contributed by atoms with Gasteiger partial charge in [0.1, 0.15) is 5.01 Å². The van der Waals surface area contributed by atoms with E-state index in [1.807, 2.05) is 29.6 Å². The fourth-order valence-electron chi connectivity index (χ4n) is 4.20. The van der Waals surface area contributed by atoms with Gasteiger partial charge in [0.25, 0.3) is 0 Å². The number of hydrogen-bond donors (Lipinski definition) is 0. The molecule has 2 aliphatic carbocycles. The first kappa shape index (κ1) is 17.9. The van der Waals surface area contributed by atoms with Gasteiger partial charge in [0, 0.05) is 17.0 Å². The van der Waals surface area contributed by atoms with Crippen LogP contribution in [-0.4, -0.2) is 21.8 Å². The summed E-state index contributed by atoms with van der Waals surface area (Å²) in [5.74, 6) is 0.195. The van der Waals surface area contributed by atoms with Crippen LogP contribution in [0.2, 0.25) is 5.02 Å². The number of carbonyl (C=O) groups is 1. The van der Waals surface area contributed by atoms with Crippen LogP contribution in [0.15, 0.2) is 53.9 Å². The Hall–Kier alpha value is -2.17. The molecule has 0 N–H and O–H groups in total. The predicted octanol–water partition coefficient (Wildman–Crippen LogP) is 5.68. The van der Waals surface area contributed by atoms with Crippen molar-refractivity contribution in [1.82, 2.24) is 9.88 Å². The molecule has 0 saturated heterocycles. The maximum atomic E-state index is 13.3. The van der Waals surface area contributed by atoms with E-state index >= 15 is 0 Å². The van der Waals surface area contributed by atoms with Gasteiger partial charge < -0.3 is 4.90 Å². The van der Waals surface area contributed by atoms with Crippen molar-refractivity contribution in [2.24, 2.45) is 0 Å². The van der Waals surface area contributed by atoms with Crippen LogP contribution < -0.4 is 0 Å². The molecule has 5 heteroatoms. The van der Waals surface area contributed by atoms with Gasteiger partial charge >= 0.3 is 0 Å². The van der Waals surface area contributed by atoms with E-state index < -0.39 is 0 Å². The topological polar surface area (TPSA) is 33.2 Å². The number of benzene rings is 2. The summed E-state index contributed by atoms with van der Waals surface area (Å²) in [5, 5.41) is 3.55. The molecule has 3 nitrogen and oxygen atoms in total. The first-order valence-corrected chi connectivity index (χ1v) is 11.0. The van der Waals surface area contributed by atoms with Crippen molar-refractivity contribution in [2.45, 2.75) is 44.2 Å². The molecule has 1 heterocycles. The third-order valence-corrected chi connectivity index (χ3v) is 6.91. The molecule has 5 rings (SSSR count). The molecule has 142 valence electrons. The van der Waals surface area contributed by atoms with Gasteiger partial charge in [-0.25, -0.2) is 4.98 Å². The number of amides is 1. The van der Waals surface area contributed by atoms with Crippen LogP contribution in [-0.2, 0) is 17.6 Å². The number of aryl methyl sites for hydroxylation is 1. The zero-order valence-electron chi connectivity index (χ0n) is 15.5. The van der Waals surface area contributed by atoms with E-state index in [0.29, 0.717) is 17.5 Å². The Labute approximate surface area is 174 Å². The number of aromatic nitrogens is 1. The lowest BCUT2D eigenvalue weighted by molar-refractivity contribution is -0.133. The first-order chi connectivity index (χ1) is 13.7. The van der Waals surface area contributed by atoms with Crippen molar-refractivity contribution >= 4 is 28.8 Å². The Morgan fingerprint density at radius 2 is 1.89 bits per heavy atom. The van der Waals surface area contributed by atoms with Gasteiger partial charge in [0.15, 0.2) is 0 Å². The highest BCUT2D eigenvalue weighted by Crippen LogP contribution is 2.42. The van der Waals surface area contributed by atoms with Gasteiger partial charge in [-0.2, -0.15) is 0 Å². The van der Waals surface area contributed by atoms with Crippen LogP contribution in [0.1, 0.15) is 42.1 Å². The number of rotatable bonds is 5. The van der Waals surface area contributed by atoms with E-state index in [4.69, 9.17) is 16.6 Å². The van der Waals surface area contributed by atoms with Gasteiger partial charge in [0.2, 0.25) is 5.91 Å². The molecule has 1 fully saturated rings. The zero-order chi connectivity index (χ0) is 19.1. The number of carbonyl (C=O) groups excluding carboxylic acids is 1. The maximum absolute atomic E-state index is 13.3. The van der Waals surface area contributed by atoms with E-state index in [-0.39, 0.29) is 11.9 Å². The molecule has 1 aromatic heterocycles. The van der Waals surface area contributed by atoms with E-state index in [2.05, 4.69) is 29.2 Å². The Morgan fingerprint density at radius 3 is 2.71 bits per heavy atom. The first-order valence-electron chi connectivity index (χ1n) is 9.79. The summed E-state index contributed by atoms with van der Waals surface area (Å²) in [6.45, 7) is 0. The predicted molar refractivity (Wildman–Crippen MR) is 114 cm³/mol. The van der Waals surface area contributed by atoms with Crippen LogP contribution in [0.4, 0.5) is 0 Å². The number of hydrogen-bond acceptors (Lipinski definition) is 3. The molecule has 1 unspecified atom stereocenters. The second kappa shape index (κ2) is 7.34. The van der Waals surface area contributed by atoms with Crippen molar-refractivity contribution in [3.63, 3.8) is 0 Å². The Morgan fingerprint density at radius 1 is 1.11 bits per heavy atom. The lowest BCUT2D eigenvalue weighted by atomic mass is 10.1. The Balaban J connectivity index is 1.37. The summed E-state index contributed by atoms with van der Waals surface area (Å²) < 4.78 is 0. The van der Waals surface area contributed by atoms with Crippen LogP contribution in [0.3, 0.4) is 0 Å². The largest absolute Gasteiger partial charge is 0.332 e. The van der Waals surface area contributed by atoms with Crippen LogP contribution in [0.5, 0.6) is 0 Å². The minimum absolute atomic E-state index is 0.195. The zero-order valence-corrected chi connectivity index (χ0v) is 17.0. The molecule has 1 atom stereocenters. The molecule has 0 spiro atoms. The lowest BCUT2D eigenvalue weighted by Crippen LogP contribution is -2.37. The standard InChI is InChI=1S/C23H21ClN2OS/c24-20-8-4-3-7-19(20)23-25-16(14-28-23)13-22(27)26(17-10-11-17)21-12-9-15-5-1-2-6-18(15)21/h1-8,14,17,21H,9-13H2. The quantitative estimate of drug-likeness (QED) is 0.543. The summed E-state index contributed by atoms with van der Waals surface area (Å²) >= 11 is 7.85. The van der Waals surface area contributed by atoms with E-state index in [1.165, 1.54) is 11.1 Å². The SMILES string of the molecule is O=C(Cc1csc(-c2ccccc2Cl)n1)N(C1CC1)C1CCc2ccccc21. The highest BCUT2D eigenvalue weighted by Gasteiger charge is 2.40. The summed E-state index contributed by atoms with van der Waals surface area (Å²) in [6.07, 6.45) is 4.68. The average Bonchev–Trinajstić information content (AvgIpc) is 3.28. The molecule has 2 aromatic carbocycles. The second-order valence-corrected chi connectivity index (χ2v) is 8.85. The van der Waals surface area contributed by atoms with E-state index in [0.717, 1.165) is 41.9 Å². The number of nitrogens with zero attached hydrogens (tertiary/aromatic N) is 2. The van der Waals surface area contributed by atoms with Crippen molar-refractivity contribution < 1.29 is 4.79 Å². The molecule has 0 radical (unpaired) electrons. The smallest absolute Gasteiger partial charge is 0.229 e. The minimum atomic E-state index is 0.195. The Bertz CT molecular complexity index is 1030. The number of halogens is 1. The molecule has 1 amide bonds. The highest BCUT2D eigenvalue weighted by molar-refractivity contribution is 7.13. The van der Waals surface area contributed by atoms with Gasteiger partial charge in [-0.3, -0.25) is 4.79 Å². The molecular formula is C23H21ClN2OS. The summed E-state index contributed by atoms with van der Waals surface area (Å²) in [4.78, 5) is 20.1. The fourth-order valence-corrected chi connectivity index (χ4v) is 5.34. The van der Waals surface area contributed by atoms with Crippen LogP contribution >= 0.6 is 22.9 Å². The maximum Gasteiger partial charge on any atom is 0.229 e. The van der Waals surface area contributed by atoms with Crippen LogP contribution in [0.25, 0.3) is 10.6 Å². The Kier molecular flexibility index (Phi) is 4.69. The second-order valence-electron chi connectivity index (χ2n) is 7.59. The normalized spacial score (nSPS) is 18.1. The van der Waals surface area contributed by atoms with Gasteiger partial charge in [-0.1, -0.05) is 54.1 Å². The number of fused-ring (bicyclic) bond motifs is 1. The highest BCUT2D eigenvalue weighted by atomic mass is 35.5. The van der Waals surface area contributed by atoms with Crippen molar-refractivity contribution in [3.05, 3.63) is 75.8 Å². The lowest BCUT2D eigenvalue weighted by Gasteiger charge is -2.30. The molecule has 1 saturated carbocycles. The van der Waals surface area contributed by atoms with Crippen LogP contribution in [0, 0.1) is 0 Å². The summed E-state index contributed by atoms with van der Waals surface area (Å²) in [7, 11) is 0. The van der Waals surface area contributed by atoms with Crippen molar-refractivity contribution in [1.29, 1.82) is 0 Å². The van der Waals surface area contributed by atoms with Gasteiger partial charge in [-0.05, 0) is 42.9 Å².